The van der Waals surface area contributed by atoms with Crippen LogP contribution >= 0.6 is 0 Å². The van der Waals surface area contributed by atoms with E-state index in [2.05, 4.69) is 5.32 Å². The van der Waals surface area contributed by atoms with Gasteiger partial charge in [0.2, 0.25) is 0 Å². The third kappa shape index (κ3) is 3.72. The van der Waals surface area contributed by atoms with Crippen LogP contribution in [-0.2, 0) is 6.54 Å². The summed E-state index contributed by atoms with van der Waals surface area (Å²) in [5, 5.41) is 2.86. The third-order valence-electron chi connectivity index (χ3n) is 4.40. The molecule has 0 saturated heterocycles. The first-order valence-corrected chi connectivity index (χ1v) is 8.27. The Balaban J connectivity index is 1.87. The number of hydrogen-bond donors (Lipinski definition) is 1. The van der Waals surface area contributed by atoms with E-state index in [-0.39, 0.29) is 23.8 Å². The van der Waals surface area contributed by atoms with Crippen molar-refractivity contribution in [2.24, 2.45) is 0 Å². The minimum atomic E-state index is -0.385. The predicted octanol–water partition coefficient (Wildman–Crippen LogP) is 3.90. The minimum absolute atomic E-state index is 0.0656. The zero-order valence-electron chi connectivity index (χ0n) is 14.6. The van der Waals surface area contributed by atoms with Crippen LogP contribution in [0.1, 0.15) is 27.0 Å². The predicted molar refractivity (Wildman–Crippen MR) is 100 cm³/mol. The van der Waals surface area contributed by atoms with Gasteiger partial charge in [0.25, 0.3) is 11.5 Å². The fraction of sp³-hybridized carbons (Fsp3) is 0.143. The van der Waals surface area contributed by atoms with Crippen LogP contribution in [-0.4, -0.2) is 10.5 Å². The van der Waals surface area contributed by atoms with Gasteiger partial charge in [-0.2, -0.15) is 0 Å². The molecule has 1 N–H and O–H groups in total. The van der Waals surface area contributed by atoms with E-state index in [9.17, 15) is 14.0 Å². The minimum Gasteiger partial charge on any atom is -0.322 e. The van der Waals surface area contributed by atoms with Crippen molar-refractivity contribution in [2.45, 2.75) is 20.4 Å². The molecule has 1 amide bonds. The number of halogens is 1. The van der Waals surface area contributed by atoms with Crippen molar-refractivity contribution in [1.82, 2.24) is 4.57 Å². The number of amides is 1. The summed E-state index contributed by atoms with van der Waals surface area (Å²) in [4.78, 5) is 24.6. The standard InChI is InChI=1S/C21H19FN2O2/c1-14-6-5-9-19(15(14)2)23-21(26)17-10-11-20(25)24(13-17)12-16-7-3-4-8-18(16)22/h3-11,13H,12H2,1-2H3,(H,23,26). The second-order valence-corrected chi connectivity index (χ2v) is 6.18. The molecule has 0 atom stereocenters. The second kappa shape index (κ2) is 7.35. The molecule has 0 aliphatic heterocycles. The molecule has 0 spiro atoms. The lowest BCUT2D eigenvalue weighted by Crippen LogP contribution is -2.23. The molecule has 26 heavy (non-hydrogen) atoms. The number of rotatable bonds is 4. The zero-order valence-corrected chi connectivity index (χ0v) is 14.6. The van der Waals surface area contributed by atoms with Gasteiger partial charge in [0.1, 0.15) is 5.82 Å². The quantitative estimate of drug-likeness (QED) is 0.776. The Bertz CT molecular complexity index is 1020. The lowest BCUT2D eigenvalue weighted by Gasteiger charge is -2.12. The molecular weight excluding hydrogens is 331 g/mol. The van der Waals surface area contributed by atoms with Crippen molar-refractivity contribution in [3.05, 3.63) is 99.2 Å². The summed E-state index contributed by atoms with van der Waals surface area (Å²) >= 11 is 0. The van der Waals surface area contributed by atoms with Crippen molar-refractivity contribution in [2.75, 3.05) is 5.32 Å². The first-order chi connectivity index (χ1) is 12.5. The average molecular weight is 350 g/mol. The Morgan fingerprint density at radius 1 is 1.04 bits per heavy atom. The molecule has 1 aromatic heterocycles. The van der Waals surface area contributed by atoms with Gasteiger partial charge in [-0.3, -0.25) is 9.59 Å². The molecule has 0 aliphatic carbocycles. The molecular formula is C21H19FN2O2. The van der Waals surface area contributed by atoms with E-state index in [1.165, 1.54) is 29.0 Å². The van der Waals surface area contributed by atoms with Crippen LogP contribution < -0.4 is 10.9 Å². The van der Waals surface area contributed by atoms with E-state index in [1.807, 2.05) is 32.0 Å². The molecule has 0 aliphatic rings. The van der Waals surface area contributed by atoms with Crippen LogP contribution in [0.4, 0.5) is 10.1 Å². The maximum Gasteiger partial charge on any atom is 0.257 e. The number of carbonyl (C=O) groups excluding carboxylic acids is 1. The van der Waals surface area contributed by atoms with E-state index >= 15 is 0 Å². The number of nitrogens with zero attached hydrogens (tertiary/aromatic N) is 1. The highest BCUT2D eigenvalue weighted by molar-refractivity contribution is 6.04. The van der Waals surface area contributed by atoms with Crippen molar-refractivity contribution in [3.63, 3.8) is 0 Å². The van der Waals surface area contributed by atoms with Crippen LogP contribution in [0.15, 0.2) is 65.6 Å². The average Bonchev–Trinajstić information content (AvgIpc) is 2.62. The highest BCUT2D eigenvalue weighted by atomic mass is 19.1. The molecule has 5 heteroatoms. The molecule has 0 saturated carbocycles. The van der Waals surface area contributed by atoms with Crippen molar-refractivity contribution >= 4 is 11.6 Å². The van der Waals surface area contributed by atoms with E-state index in [4.69, 9.17) is 0 Å². The van der Waals surface area contributed by atoms with Crippen LogP contribution in [0, 0.1) is 19.7 Å². The van der Waals surface area contributed by atoms with Crippen molar-refractivity contribution < 1.29 is 9.18 Å². The number of anilines is 1. The number of aryl methyl sites for hydroxylation is 1. The monoisotopic (exact) mass is 350 g/mol. The summed E-state index contributed by atoms with van der Waals surface area (Å²) < 4.78 is 15.2. The Labute approximate surface area is 150 Å². The zero-order chi connectivity index (χ0) is 18.7. The van der Waals surface area contributed by atoms with Gasteiger partial charge < -0.3 is 9.88 Å². The summed E-state index contributed by atoms with van der Waals surface area (Å²) in [6.45, 7) is 3.97. The van der Waals surface area contributed by atoms with Gasteiger partial charge in [-0.05, 0) is 43.2 Å². The fourth-order valence-electron chi connectivity index (χ4n) is 2.68. The molecule has 2 aromatic carbocycles. The smallest absolute Gasteiger partial charge is 0.257 e. The lowest BCUT2D eigenvalue weighted by molar-refractivity contribution is 0.102. The Kier molecular flexibility index (Phi) is 4.98. The van der Waals surface area contributed by atoms with Gasteiger partial charge in [0.05, 0.1) is 12.1 Å². The van der Waals surface area contributed by atoms with E-state index in [0.717, 1.165) is 16.8 Å². The molecule has 4 nitrogen and oxygen atoms in total. The first-order valence-electron chi connectivity index (χ1n) is 8.27. The topological polar surface area (TPSA) is 51.1 Å². The number of pyridine rings is 1. The maximum absolute atomic E-state index is 13.8. The van der Waals surface area contributed by atoms with E-state index in [1.54, 1.807) is 18.2 Å². The Morgan fingerprint density at radius 3 is 2.58 bits per heavy atom. The Hall–Kier alpha value is -3.21. The SMILES string of the molecule is Cc1cccc(NC(=O)c2ccc(=O)n(Cc3ccccc3F)c2)c1C. The van der Waals surface area contributed by atoms with Crippen LogP contribution in [0.5, 0.6) is 0 Å². The number of carbonyl (C=O) groups is 1. The third-order valence-corrected chi connectivity index (χ3v) is 4.40. The van der Waals surface area contributed by atoms with Gasteiger partial charge in [-0.25, -0.2) is 4.39 Å². The first kappa shape index (κ1) is 17.6. The van der Waals surface area contributed by atoms with E-state index in [0.29, 0.717) is 11.1 Å². The van der Waals surface area contributed by atoms with Gasteiger partial charge in [0.15, 0.2) is 0 Å². The molecule has 0 bridgehead atoms. The number of aromatic nitrogens is 1. The van der Waals surface area contributed by atoms with Gasteiger partial charge >= 0.3 is 0 Å². The van der Waals surface area contributed by atoms with Gasteiger partial charge in [0, 0.05) is 23.5 Å². The van der Waals surface area contributed by atoms with Crippen LogP contribution in [0.3, 0.4) is 0 Å². The highest BCUT2D eigenvalue weighted by Gasteiger charge is 2.11. The van der Waals surface area contributed by atoms with Crippen LogP contribution in [0.25, 0.3) is 0 Å². The highest BCUT2D eigenvalue weighted by Crippen LogP contribution is 2.18. The second-order valence-electron chi connectivity index (χ2n) is 6.18. The van der Waals surface area contributed by atoms with Gasteiger partial charge in [-0.1, -0.05) is 30.3 Å². The fourth-order valence-corrected chi connectivity index (χ4v) is 2.68. The molecule has 132 valence electrons. The number of nitrogens with one attached hydrogen (secondary N) is 1. The molecule has 3 rings (SSSR count). The number of hydrogen-bond acceptors (Lipinski definition) is 2. The molecule has 1 heterocycles. The lowest BCUT2D eigenvalue weighted by atomic mass is 10.1. The number of benzene rings is 2. The normalized spacial score (nSPS) is 10.6. The Morgan fingerprint density at radius 2 is 1.81 bits per heavy atom. The van der Waals surface area contributed by atoms with E-state index < -0.39 is 0 Å². The summed E-state index contributed by atoms with van der Waals surface area (Å²) in [5.41, 5.74) is 3.22. The largest absolute Gasteiger partial charge is 0.322 e. The summed E-state index contributed by atoms with van der Waals surface area (Å²) in [7, 11) is 0. The molecule has 0 radical (unpaired) electrons. The maximum atomic E-state index is 13.8. The summed E-state index contributed by atoms with van der Waals surface area (Å²) in [5.74, 6) is -0.703. The van der Waals surface area contributed by atoms with Crippen LogP contribution in [0.2, 0.25) is 0 Å². The molecule has 3 aromatic rings. The van der Waals surface area contributed by atoms with Gasteiger partial charge in [-0.15, -0.1) is 0 Å². The van der Waals surface area contributed by atoms with Crippen molar-refractivity contribution in [3.8, 4) is 0 Å². The summed E-state index contributed by atoms with van der Waals surface area (Å²) in [6, 6.07) is 14.7. The summed E-state index contributed by atoms with van der Waals surface area (Å²) in [6.07, 6.45) is 1.45. The molecule has 0 fully saturated rings. The van der Waals surface area contributed by atoms with Crippen molar-refractivity contribution in [1.29, 1.82) is 0 Å². The molecule has 0 unspecified atom stereocenters.